The highest BCUT2D eigenvalue weighted by atomic mass is 32.2. The van der Waals surface area contributed by atoms with Gasteiger partial charge in [-0.15, -0.1) is 11.8 Å². The molecule has 0 atom stereocenters. The number of nitrogen functional groups attached to an aromatic ring is 1. The molecule has 0 fully saturated rings. The summed E-state index contributed by atoms with van der Waals surface area (Å²) in [5.74, 6) is 0.224. The maximum atomic E-state index is 13.5. The molecule has 5 nitrogen and oxygen atoms in total. The van der Waals surface area contributed by atoms with E-state index in [2.05, 4.69) is 15.0 Å². The van der Waals surface area contributed by atoms with Gasteiger partial charge in [0.2, 0.25) is 11.9 Å². The van der Waals surface area contributed by atoms with E-state index in [0.29, 0.717) is 28.8 Å². The maximum Gasteiger partial charge on any atom is 0.229 e. The van der Waals surface area contributed by atoms with Crippen LogP contribution in [0, 0.1) is 11.6 Å². The molecule has 0 bridgehead atoms. The van der Waals surface area contributed by atoms with E-state index < -0.39 is 11.6 Å². The van der Waals surface area contributed by atoms with Crippen molar-refractivity contribution in [2.75, 3.05) is 24.7 Å². The van der Waals surface area contributed by atoms with Crippen molar-refractivity contribution in [1.29, 1.82) is 0 Å². The second-order valence-electron chi connectivity index (χ2n) is 4.51. The van der Waals surface area contributed by atoms with Crippen LogP contribution in [-0.2, 0) is 11.5 Å². The van der Waals surface area contributed by atoms with Gasteiger partial charge in [-0.1, -0.05) is 12.1 Å². The van der Waals surface area contributed by atoms with Gasteiger partial charge >= 0.3 is 0 Å². The smallest absolute Gasteiger partial charge is 0.229 e. The number of anilines is 2. The highest BCUT2D eigenvalue weighted by Gasteiger charge is 2.09. The van der Waals surface area contributed by atoms with Crippen LogP contribution in [0.4, 0.5) is 20.7 Å². The van der Waals surface area contributed by atoms with E-state index in [1.54, 1.807) is 25.1 Å². The molecule has 1 aromatic heterocycles. The highest BCUT2D eigenvalue weighted by molar-refractivity contribution is 7.97. The number of nitrogens with two attached hydrogens (primary N) is 1. The molecule has 0 amide bonds. The van der Waals surface area contributed by atoms with E-state index >= 15 is 0 Å². The van der Waals surface area contributed by atoms with Gasteiger partial charge in [0, 0.05) is 25.4 Å². The van der Waals surface area contributed by atoms with E-state index in [1.807, 2.05) is 0 Å². The summed E-state index contributed by atoms with van der Waals surface area (Å²) in [6.45, 7) is 0. The van der Waals surface area contributed by atoms with Crippen molar-refractivity contribution in [3.05, 3.63) is 41.2 Å². The van der Waals surface area contributed by atoms with Gasteiger partial charge in [-0.2, -0.15) is 15.0 Å². The van der Waals surface area contributed by atoms with E-state index in [1.165, 1.54) is 17.8 Å². The summed E-state index contributed by atoms with van der Waals surface area (Å²) in [6.07, 6.45) is 0. The fourth-order valence-corrected chi connectivity index (χ4v) is 2.46. The molecule has 0 aliphatic carbocycles. The lowest BCUT2D eigenvalue weighted by atomic mass is 10.2. The zero-order valence-corrected chi connectivity index (χ0v) is 12.5. The molecule has 0 aliphatic rings. The molecular formula is C13H15F2N5S. The van der Waals surface area contributed by atoms with Crippen LogP contribution in [0.15, 0.2) is 18.2 Å². The Bertz CT molecular complexity index is 636. The van der Waals surface area contributed by atoms with Gasteiger partial charge in [-0.05, 0) is 6.07 Å². The SMILES string of the molecule is CN(C)c1nc(N)nc(CSCc2cccc(F)c2F)n1. The Balaban J connectivity index is 2.02. The van der Waals surface area contributed by atoms with Gasteiger partial charge in [0.05, 0.1) is 5.75 Å². The van der Waals surface area contributed by atoms with Crippen molar-refractivity contribution < 1.29 is 8.78 Å². The third-order valence-electron chi connectivity index (χ3n) is 2.61. The minimum absolute atomic E-state index is 0.140. The number of halogens is 2. The molecule has 0 radical (unpaired) electrons. The summed E-state index contributed by atoms with van der Waals surface area (Å²) >= 11 is 1.38. The molecule has 0 saturated carbocycles. The number of hydrogen-bond acceptors (Lipinski definition) is 6. The van der Waals surface area contributed by atoms with Crippen LogP contribution < -0.4 is 10.6 Å². The highest BCUT2D eigenvalue weighted by Crippen LogP contribution is 2.20. The molecule has 0 spiro atoms. The number of rotatable bonds is 5. The first-order chi connectivity index (χ1) is 9.97. The third-order valence-corrected chi connectivity index (χ3v) is 3.58. The Hall–Kier alpha value is -1.96. The second kappa shape index (κ2) is 6.66. The Kier molecular flexibility index (Phi) is 4.89. The Labute approximate surface area is 125 Å². The zero-order valence-electron chi connectivity index (χ0n) is 11.7. The predicted octanol–water partition coefficient (Wildman–Crippen LogP) is 2.23. The van der Waals surface area contributed by atoms with Crippen molar-refractivity contribution in [3.8, 4) is 0 Å². The van der Waals surface area contributed by atoms with Crippen LogP contribution in [0.5, 0.6) is 0 Å². The normalized spacial score (nSPS) is 10.7. The summed E-state index contributed by atoms with van der Waals surface area (Å²) in [6, 6.07) is 4.14. The van der Waals surface area contributed by atoms with Crippen molar-refractivity contribution in [1.82, 2.24) is 15.0 Å². The first-order valence-corrected chi connectivity index (χ1v) is 7.31. The molecular weight excluding hydrogens is 296 g/mol. The molecule has 2 aromatic rings. The minimum Gasteiger partial charge on any atom is -0.368 e. The summed E-state index contributed by atoms with van der Waals surface area (Å²) in [5.41, 5.74) is 5.93. The Morgan fingerprint density at radius 2 is 1.90 bits per heavy atom. The van der Waals surface area contributed by atoms with Crippen LogP contribution >= 0.6 is 11.8 Å². The van der Waals surface area contributed by atoms with E-state index in [-0.39, 0.29) is 5.95 Å². The largest absolute Gasteiger partial charge is 0.368 e. The van der Waals surface area contributed by atoms with E-state index in [9.17, 15) is 8.78 Å². The minimum atomic E-state index is -0.840. The topological polar surface area (TPSA) is 67.9 Å². The summed E-state index contributed by atoms with van der Waals surface area (Å²) < 4.78 is 26.6. The van der Waals surface area contributed by atoms with Crippen molar-refractivity contribution in [3.63, 3.8) is 0 Å². The lowest BCUT2D eigenvalue weighted by Crippen LogP contribution is -2.15. The predicted molar refractivity (Wildman–Crippen MR) is 79.9 cm³/mol. The van der Waals surface area contributed by atoms with Crippen molar-refractivity contribution >= 4 is 23.7 Å². The monoisotopic (exact) mass is 311 g/mol. The Morgan fingerprint density at radius 1 is 1.14 bits per heavy atom. The van der Waals surface area contributed by atoms with E-state index in [4.69, 9.17) is 5.73 Å². The van der Waals surface area contributed by atoms with Gasteiger partial charge in [0.25, 0.3) is 0 Å². The fraction of sp³-hybridized carbons (Fsp3) is 0.308. The molecule has 2 rings (SSSR count). The summed E-state index contributed by atoms with van der Waals surface area (Å²) in [5, 5.41) is 0. The van der Waals surface area contributed by atoms with Crippen LogP contribution in [0.1, 0.15) is 11.4 Å². The molecule has 2 N–H and O–H groups in total. The molecule has 1 heterocycles. The number of aromatic nitrogens is 3. The van der Waals surface area contributed by atoms with Crippen LogP contribution in [0.3, 0.4) is 0 Å². The molecule has 8 heteroatoms. The quantitative estimate of drug-likeness (QED) is 0.913. The van der Waals surface area contributed by atoms with Crippen LogP contribution in [-0.4, -0.2) is 29.0 Å². The molecule has 0 unspecified atom stereocenters. The van der Waals surface area contributed by atoms with Gasteiger partial charge in [0.15, 0.2) is 11.6 Å². The van der Waals surface area contributed by atoms with Gasteiger partial charge in [-0.25, -0.2) is 8.78 Å². The maximum absolute atomic E-state index is 13.5. The van der Waals surface area contributed by atoms with Gasteiger partial charge in [-0.3, -0.25) is 0 Å². The average molecular weight is 311 g/mol. The number of nitrogens with zero attached hydrogens (tertiary/aromatic N) is 4. The van der Waals surface area contributed by atoms with Gasteiger partial charge < -0.3 is 10.6 Å². The third kappa shape index (κ3) is 4.01. The Morgan fingerprint density at radius 3 is 2.62 bits per heavy atom. The zero-order chi connectivity index (χ0) is 15.4. The van der Waals surface area contributed by atoms with Crippen molar-refractivity contribution in [2.45, 2.75) is 11.5 Å². The molecule has 21 heavy (non-hydrogen) atoms. The number of hydrogen-bond donors (Lipinski definition) is 1. The average Bonchev–Trinajstić information content (AvgIpc) is 2.43. The number of benzene rings is 1. The summed E-state index contributed by atoms with van der Waals surface area (Å²) in [4.78, 5) is 14.0. The van der Waals surface area contributed by atoms with Crippen molar-refractivity contribution in [2.24, 2.45) is 0 Å². The number of thioether (sulfide) groups is 1. The van der Waals surface area contributed by atoms with Crippen LogP contribution in [0.25, 0.3) is 0 Å². The standard InChI is InChI=1S/C13H15F2N5S/c1-20(2)13-18-10(17-12(16)19-13)7-21-6-8-4-3-5-9(14)11(8)15/h3-5H,6-7H2,1-2H3,(H2,16,17,18,19). The fourth-order valence-electron chi connectivity index (χ4n) is 1.60. The van der Waals surface area contributed by atoms with Crippen LogP contribution in [0.2, 0.25) is 0 Å². The van der Waals surface area contributed by atoms with E-state index in [0.717, 1.165) is 6.07 Å². The molecule has 0 aliphatic heterocycles. The lowest BCUT2D eigenvalue weighted by Gasteiger charge is -2.11. The van der Waals surface area contributed by atoms with Gasteiger partial charge in [0.1, 0.15) is 5.82 Å². The molecule has 112 valence electrons. The first kappa shape index (κ1) is 15.4. The lowest BCUT2D eigenvalue weighted by molar-refractivity contribution is 0.502. The molecule has 1 aromatic carbocycles. The molecule has 0 saturated heterocycles. The second-order valence-corrected chi connectivity index (χ2v) is 5.50. The first-order valence-electron chi connectivity index (χ1n) is 6.15. The summed E-state index contributed by atoms with van der Waals surface area (Å²) in [7, 11) is 3.60.